The van der Waals surface area contributed by atoms with Gasteiger partial charge < -0.3 is 10.5 Å². The summed E-state index contributed by atoms with van der Waals surface area (Å²) < 4.78 is 5.52. The van der Waals surface area contributed by atoms with E-state index in [1.165, 1.54) is 0 Å². The van der Waals surface area contributed by atoms with Crippen molar-refractivity contribution in [2.24, 2.45) is 5.11 Å². The van der Waals surface area contributed by atoms with Crippen LogP contribution in [-0.2, 0) is 0 Å². The second kappa shape index (κ2) is 5.05. The lowest BCUT2D eigenvalue weighted by molar-refractivity contribution is 0.332. The third-order valence-corrected chi connectivity index (χ3v) is 2.21. The van der Waals surface area contributed by atoms with Crippen molar-refractivity contribution >= 4 is 16.7 Å². The monoisotopic (exact) mass is 229 g/mol. The van der Waals surface area contributed by atoms with Crippen LogP contribution in [0.3, 0.4) is 0 Å². The highest BCUT2D eigenvalue weighted by Crippen LogP contribution is 2.26. The van der Waals surface area contributed by atoms with Gasteiger partial charge in [0.2, 0.25) is 0 Å². The maximum absolute atomic E-state index is 8.15. The van der Waals surface area contributed by atoms with Gasteiger partial charge in [0, 0.05) is 16.4 Å². The first-order valence-electron chi connectivity index (χ1n) is 5.10. The van der Waals surface area contributed by atoms with Gasteiger partial charge in [-0.25, -0.2) is 4.98 Å². The van der Waals surface area contributed by atoms with Crippen LogP contribution >= 0.6 is 0 Å². The van der Waals surface area contributed by atoms with E-state index in [4.69, 9.17) is 16.0 Å². The molecule has 0 bridgehead atoms. The van der Waals surface area contributed by atoms with Crippen LogP contribution in [0, 0.1) is 0 Å². The molecule has 0 atom stereocenters. The van der Waals surface area contributed by atoms with Crippen molar-refractivity contribution in [2.45, 2.75) is 0 Å². The van der Waals surface area contributed by atoms with E-state index in [2.05, 4.69) is 15.0 Å². The van der Waals surface area contributed by atoms with Crippen LogP contribution in [0.15, 0.2) is 35.4 Å². The number of nitrogens with two attached hydrogens (primary N) is 1. The highest BCUT2D eigenvalue weighted by molar-refractivity contribution is 5.86. The second-order valence-electron chi connectivity index (χ2n) is 3.37. The maximum atomic E-state index is 8.15. The van der Waals surface area contributed by atoms with Crippen LogP contribution in [0.4, 0.5) is 5.82 Å². The Morgan fingerprint density at radius 1 is 1.41 bits per heavy atom. The predicted molar refractivity (Wildman–Crippen MR) is 65.7 cm³/mol. The molecular weight excluding hydrogens is 218 g/mol. The summed E-state index contributed by atoms with van der Waals surface area (Å²) >= 11 is 0. The van der Waals surface area contributed by atoms with Crippen LogP contribution in [0.5, 0.6) is 5.75 Å². The van der Waals surface area contributed by atoms with Crippen LogP contribution in [0.1, 0.15) is 0 Å². The molecule has 0 aliphatic carbocycles. The Morgan fingerprint density at radius 2 is 2.24 bits per heavy atom. The number of aromatic nitrogens is 1. The normalized spacial score (nSPS) is 9.88. The number of benzene rings is 1. The maximum Gasteiger partial charge on any atom is 0.132 e. The fraction of sp³-hybridized carbons (Fsp3) is 0.182. The van der Waals surface area contributed by atoms with E-state index >= 15 is 0 Å². The van der Waals surface area contributed by atoms with Crippen molar-refractivity contribution in [1.29, 1.82) is 0 Å². The third kappa shape index (κ3) is 2.56. The van der Waals surface area contributed by atoms with Crippen molar-refractivity contribution in [3.8, 4) is 5.75 Å². The van der Waals surface area contributed by atoms with Crippen LogP contribution in [0.25, 0.3) is 21.3 Å². The Hall–Kier alpha value is -2.46. The Kier molecular flexibility index (Phi) is 3.28. The minimum atomic E-state index is 0.285. The van der Waals surface area contributed by atoms with Gasteiger partial charge in [-0.2, -0.15) is 0 Å². The first-order valence-corrected chi connectivity index (χ1v) is 5.10. The molecule has 17 heavy (non-hydrogen) atoms. The molecule has 0 radical (unpaired) electrons. The number of fused-ring (bicyclic) bond motifs is 1. The first kappa shape index (κ1) is 11.0. The summed E-state index contributed by atoms with van der Waals surface area (Å²) in [6.07, 6.45) is 0. The number of ether oxygens (including phenoxy) is 1. The number of hydrogen-bond donors (Lipinski definition) is 1. The smallest absolute Gasteiger partial charge is 0.132 e. The summed E-state index contributed by atoms with van der Waals surface area (Å²) in [5.74, 6) is 1.06. The van der Waals surface area contributed by atoms with Crippen molar-refractivity contribution in [1.82, 2.24) is 4.98 Å². The number of rotatable bonds is 4. The molecule has 1 heterocycles. The number of nitrogen functional groups attached to an aromatic ring is 1. The van der Waals surface area contributed by atoms with Crippen LogP contribution in [0.2, 0.25) is 0 Å². The Balaban J connectivity index is 2.28. The summed E-state index contributed by atoms with van der Waals surface area (Å²) in [7, 11) is 0. The van der Waals surface area contributed by atoms with Crippen molar-refractivity contribution in [3.05, 3.63) is 40.8 Å². The lowest BCUT2D eigenvalue weighted by Crippen LogP contribution is -2.02. The molecule has 2 rings (SSSR count). The Bertz CT molecular complexity index is 577. The summed E-state index contributed by atoms with van der Waals surface area (Å²) in [6, 6.07) is 9.23. The molecule has 0 unspecified atom stereocenters. The number of anilines is 1. The van der Waals surface area contributed by atoms with Crippen LogP contribution < -0.4 is 10.5 Å². The molecule has 0 saturated carbocycles. The highest BCUT2D eigenvalue weighted by Gasteiger charge is 2.04. The number of nitrogens with zero attached hydrogens (tertiary/aromatic N) is 4. The molecule has 1 aromatic heterocycles. The van der Waals surface area contributed by atoms with Gasteiger partial charge in [-0.3, -0.25) is 0 Å². The van der Waals surface area contributed by atoms with E-state index in [0.717, 1.165) is 10.9 Å². The van der Waals surface area contributed by atoms with Gasteiger partial charge >= 0.3 is 0 Å². The molecule has 86 valence electrons. The quantitative estimate of drug-likeness (QED) is 0.377. The van der Waals surface area contributed by atoms with Crippen molar-refractivity contribution in [3.63, 3.8) is 0 Å². The molecule has 0 aliphatic heterocycles. The highest BCUT2D eigenvalue weighted by atomic mass is 16.5. The van der Waals surface area contributed by atoms with Gasteiger partial charge in [0.25, 0.3) is 0 Å². The van der Waals surface area contributed by atoms with Gasteiger partial charge in [-0.1, -0.05) is 17.2 Å². The van der Waals surface area contributed by atoms with Gasteiger partial charge in [-0.05, 0) is 17.7 Å². The number of para-hydroxylation sites is 1. The van der Waals surface area contributed by atoms with Crippen molar-refractivity contribution in [2.75, 3.05) is 18.9 Å². The average Bonchev–Trinajstić information content (AvgIpc) is 2.34. The van der Waals surface area contributed by atoms with Crippen LogP contribution in [-0.4, -0.2) is 18.1 Å². The summed E-state index contributed by atoms with van der Waals surface area (Å²) in [6.45, 7) is 0.602. The lowest BCUT2D eigenvalue weighted by atomic mass is 10.2. The summed E-state index contributed by atoms with van der Waals surface area (Å²) in [4.78, 5) is 6.85. The molecular formula is C11H11N5O. The molecule has 0 fully saturated rings. The van der Waals surface area contributed by atoms with Gasteiger partial charge in [0.05, 0.1) is 18.7 Å². The molecule has 6 heteroatoms. The molecule has 0 spiro atoms. The van der Waals surface area contributed by atoms with E-state index in [0.29, 0.717) is 18.2 Å². The Morgan fingerprint density at radius 3 is 3.06 bits per heavy atom. The molecule has 2 aromatic rings. The fourth-order valence-electron chi connectivity index (χ4n) is 1.52. The molecule has 2 N–H and O–H groups in total. The van der Waals surface area contributed by atoms with E-state index in [1.807, 2.05) is 24.3 Å². The van der Waals surface area contributed by atoms with Gasteiger partial charge in [0.15, 0.2) is 0 Å². The molecule has 0 amide bonds. The second-order valence-corrected chi connectivity index (χ2v) is 3.37. The zero-order chi connectivity index (χ0) is 12.1. The zero-order valence-corrected chi connectivity index (χ0v) is 9.08. The molecule has 6 nitrogen and oxygen atoms in total. The van der Waals surface area contributed by atoms with E-state index in [1.54, 1.807) is 6.07 Å². The van der Waals surface area contributed by atoms with Gasteiger partial charge in [0.1, 0.15) is 11.6 Å². The minimum absolute atomic E-state index is 0.285. The Labute approximate surface area is 97.6 Å². The molecule has 0 saturated heterocycles. The lowest BCUT2D eigenvalue weighted by Gasteiger charge is -2.08. The summed E-state index contributed by atoms with van der Waals surface area (Å²) in [5.41, 5.74) is 14.6. The topological polar surface area (TPSA) is 96.9 Å². The first-order chi connectivity index (χ1) is 8.31. The molecule has 1 aromatic carbocycles. The standard InChI is InChI=1S/C11H11N5O/c12-11-7-10(17-6-5-14-16-13)8-3-1-2-4-9(8)15-11/h1-4,7H,5-6H2,(H2,12,15). The van der Waals surface area contributed by atoms with E-state index in [9.17, 15) is 0 Å². The fourth-order valence-corrected chi connectivity index (χ4v) is 1.52. The van der Waals surface area contributed by atoms with Crippen molar-refractivity contribution < 1.29 is 4.74 Å². The number of hydrogen-bond acceptors (Lipinski definition) is 4. The predicted octanol–water partition coefficient (Wildman–Crippen LogP) is 2.51. The number of pyridine rings is 1. The summed E-state index contributed by atoms with van der Waals surface area (Å²) in [5, 5.41) is 4.29. The SMILES string of the molecule is [N-]=[N+]=NCCOc1cc(N)nc2ccccc12. The van der Waals surface area contributed by atoms with Gasteiger partial charge in [-0.15, -0.1) is 0 Å². The van der Waals surface area contributed by atoms with E-state index in [-0.39, 0.29) is 6.54 Å². The minimum Gasteiger partial charge on any atom is -0.493 e. The third-order valence-electron chi connectivity index (χ3n) is 2.21. The van der Waals surface area contributed by atoms with E-state index < -0.39 is 0 Å². The number of azide groups is 1. The average molecular weight is 229 g/mol. The zero-order valence-electron chi connectivity index (χ0n) is 9.08. The molecule has 0 aliphatic rings. The largest absolute Gasteiger partial charge is 0.493 e.